The largest absolute Gasteiger partial charge is 0.480 e. The molecular formula is C27H24Cl2N4O5S2. The average Bonchev–Trinajstić information content (AvgIpc) is 3.35. The molecule has 3 N–H and O–H groups in total. The SMILES string of the molecule is CC(C)(c1ccc(Cl)cc1)C(NC(=O)c1ccc(Cl)cc1N(c1nsnc1Cc1ccccc1)S(=O)O)C(=O)O. The summed E-state index contributed by atoms with van der Waals surface area (Å²) < 4.78 is 32.5. The van der Waals surface area contributed by atoms with Crippen LogP contribution in [0.4, 0.5) is 11.5 Å². The van der Waals surface area contributed by atoms with Crippen LogP contribution in [0, 0.1) is 0 Å². The topological polar surface area (TPSA) is 133 Å². The maximum Gasteiger partial charge on any atom is 0.327 e. The maximum absolute atomic E-state index is 13.6. The Morgan fingerprint density at radius 2 is 1.68 bits per heavy atom. The van der Waals surface area contributed by atoms with Gasteiger partial charge in [0.1, 0.15) is 11.7 Å². The Morgan fingerprint density at radius 3 is 2.30 bits per heavy atom. The van der Waals surface area contributed by atoms with Crippen LogP contribution in [0.3, 0.4) is 0 Å². The van der Waals surface area contributed by atoms with E-state index in [1.54, 1.807) is 38.1 Å². The minimum absolute atomic E-state index is 0.0405. The van der Waals surface area contributed by atoms with Crippen molar-refractivity contribution in [2.75, 3.05) is 4.31 Å². The number of hydrogen-bond acceptors (Lipinski definition) is 6. The molecule has 0 fully saturated rings. The molecule has 0 aliphatic heterocycles. The Labute approximate surface area is 247 Å². The molecule has 1 heterocycles. The van der Waals surface area contributed by atoms with Gasteiger partial charge in [-0.1, -0.05) is 79.5 Å². The quantitative estimate of drug-likeness (QED) is 0.189. The third kappa shape index (κ3) is 6.51. The maximum atomic E-state index is 13.6. The van der Waals surface area contributed by atoms with Gasteiger partial charge >= 0.3 is 5.97 Å². The van der Waals surface area contributed by atoms with E-state index in [2.05, 4.69) is 14.1 Å². The van der Waals surface area contributed by atoms with E-state index in [1.165, 1.54) is 18.2 Å². The molecule has 4 aromatic rings. The van der Waals surface area contributed by atoms with Crippen molar-refractivity contribution in [2.24, 2.45) is 0 Å². The molecule has 4 rings (SSSR count). The number of amides is 1. The third-order valence-corrected chi connectivity index (χ3v) is 8.08. The number of anilines is 2. The van der Waals surface area contributed by atoms with Gasteiger partial charge in [-0.2, -0.15) is 8.75 Å². The molecule has 2 unspecified atom stereocenters. The predicted molar refractivity (Wildman–Crippen MR) is 157 cm³/mol. The minimum Gasteiger partial charge on any atom is -0.480 e. The summed E-state index contributed by atoms with van der Waals surface area (Å²) in [6.07, 6.45) is 0.318. The molecule has 40 heavy (non-hydrogen) atoms. The Morgan fingerprint density at radius 1 is 1.02 bits per heavy atom. The van der Waals surface area contributed by atoms with Crippen LogP contribution in [0.5, 0.6) is 0 Å². The van der Waals surface area contributed by atoms with Crippen LogP contribution < -0.4 is 9.62 Å². The third-order valence-electron chi connectivity index (χ3n) is 6.35. The van der Waals surface area contributed by atoms with Crippen molar-refractivity contribution in [1.29, 1.82) is 0 Å². The Kier molecular flexibility index (Phi) is 9.22. The second-order valence-electron chi connectivity index (χ2n) is 9.36. The first-order chi connectivity index (χ1) is 19.0. The molecule has 0 saturated heterocycles. The number of rotatable bonds is 10. The van der Waals surface area contributed by atoms with E-state index >= 15 is 0 Å². The lowest BCUT2D eigenvalue weighted by atomic mass is 9.77. The van der Waals surface area contributed by atoms with Crippen LogP contribution >= 0.6 is 34.9 Å². The van der Waals surface area contributed by atoms with E-state index in [1.807, 2.05) is 30.3 Å². The molecule has 3 aromatic carbocycles. The number of halogens is 2. The van der Waals surface area contributed by atoms with E-state index in [-0.39, 0.29) is 22.1 Å². The van der Waals surface area contributed by atoms with Crippen LogP contribution in [0.15, 0.2) is 72.8 Å². The smallest absolute Gasteiger partial charge is 0.327 e. The molecule has 0 saturated carbocycles. The lowest BCUT2D eigenvalue weighted by Gasteiger charge is -2.33. The molecule has 1 amide bonds. The molecule has 208 valence electrons. The fourth-order valence-corrected chi connectivity index (χ4v) is 5.71. The van der Waals surface area contributed by atoms with E-state index in [9.17, 15) is 23.5 Å². The van der Waals surface area contributed by atoms with Gasteiger partial charge in [-0.3, -0.25) is 9.35 Å². The lowest BCUT2D eigenvalue weighted by Crippen LogP contribution is -2.52. The van der Waals surface area contributed by atoms with Gasteiger partial charge in [0.2, 0.25) is 0 Å². The van der Waals surface area contributed by atoms with Gasteiger partial charge in [0.15, 0.2) is 5.82 Å². The highest BCUT2D eigenvalue weighted by Crippen LogP contribution is 2.35. The van der Waals surface area contributed by atoms with Crippen molar-refractivity contribution in [3.63, 3.8) is 0 Å². The summed E-state index contributed by atoms with van der Waals surface area (Å²) in [4.78, 5) is 26.0. The first kappa shape index (κ1) is 29.6. The van der Waals surface area contributed by atoms with Gasteiger partial charge in [0.05, 0.1) is 23.0 Å². The fraction of sp³-hybridized carbons (Fsp3) is 0.185. The highest BCUT2D eigenvalue weighted by atomic mass is 35.5. The highest BCUT2D eigenvalue weighted by molar-refractivity contribution is 7.81. The molecule has 0 radical (unpaired) electrons. The monoisotopic (exact) mass is 618 g/mol. The number of hydrogen-bond donors (Lipinski definition) is 3. The molecule has 13 heteroatoms. The standard InChI is InChI=1S/C27H24Cl2N4O5S2/c1-27(2,17-8-10-18(28)11-9-17)23(26(35)36)30-25(34)20-13-12-19(29)15-22(20)33(40(37)38)24-21(31-39-32-24)14-16-6-4-3-5-7-16/h3-13,15,23H,14H2,1-2H3,(H,30,34)(H,35,36)(H,37,38). The van der Waals surface area contributed by atoms with Gasteiger partial charge in [-0.15, -0.1) is 0 Å². The molecular weight excluding hydrogens is 595 g/mol. The molecule has 0 spiro atoms. The first-order valence-corrected chi connectivity index (χ1v) is 14.4. The zero-order chi connectivity index (χ0) is 29.0. The molecule has 0 aliphatic rings. The van der Waals surface area contributed by atoms with Crippen molar-refractivity contribution in [1.82, 2.24) is 14.1 Å². The van der Waals surface area contributed by atoms with E-state index in [0.717, 1.165) is 21.6 Å². The Balaban J connectivity index is 1.73. The molecule has 0 aliphatic carbocycles. The summed E-state index contributed by atoms with van der Waals surface area (Å²) >= 11 is 10.4. The summed E-state index contributed by atoms with van der Waals surface area (Å²) in [5.74, 6) is -1.98. The Bertz CT molecular complexity index is 1550. The van der Waals surface area contributed by atoms with Gasteiger partial charge < -0.3 is 10.4 Å². The van der Waals surface area contributed by atoms with E-state index in [4.69, 9.17) is 23.2 Å². The number of nitrogens with one attached hydrogen (secondary N) is 1. The molecule has 9 nitrogen and oxygen atoms in total. The first-order valence-electron chi connectivity index (χ1n) is 11.8. The van der Waals surface area contributed by atoms with Crippen molar-refractivity contribution in [2.45, 2.75) is 31.7 Å². The number of nitrogens with zero attached hydrogens (tertiary/aromatic N) is 3. The lowest BCUT2D eigenvalue weighted by molar-refractivity contribution is -0.140. The summed E-state index contributed by atoms with van der Waals surface area (Å²) in [5.41, 5.74) is 0.776. The molecule has 0 bridgehead atoms. The summed E-state index contributed by atoms with van der Waals surface area (Å²) in [6, 6.07) is 18.8. The van der Waals surface area contributed by atoms with Crippen LogP contribution in [0.1, 0.15) is 41.0 Å². The van der Waals surface area contributed by atoms with Gasteiger partial charge in [-0.25, -0.2) is 13.3 Å². The predicted octanol–water partition coefficient (Wildman–Crippen LogP) is 5.87. The van der Waals surface area contributed by atoms with Gasteiger partial charge in [-0.05, 0) is 41.5 Å². The number of aromatic nitrogens is 2. The summed E-state index contributed by atoms with van der Waals surface area (Å²) in [5, 5.41) is 13.3. The minimum atomic E-state index is -2.69. The van der Waals surface area contributed by atoms with E-state index in [0.29, 0.717) is 22.7 Å². The summed E-state index contributed by atoms with van der Waals surface area (Å²) in [7, 11) is 0. The zero-order valence-corrected chi connectivity index (χ0v) is 24.4. The van der Waals surface area contributed by atoms with Crippen LogP contribution in [-0.2, 0) is 27.9 Å². The molecule has 2 atom stereocenters. The van der Waals surface area contributed by atoms with Crippen molar-refractivity contribution >= 4 is 69.6 Å². The normalized spacial score (nSPS) is 12.9. The highest BCUT2D eigenvalue weighted by Gasteiger charge is 2.39. The van der Waals surface area contributed by atoms with Crippen molar-refractivity contribution < 1.29 is 23.5 Å². The van der Waals surface area contributed by atoms with Crippen molar-refractivity contribution in [3.8, 4) is 0 Å². The molecule has 1 aromatic heterocycles. The van der Waals surface area contributed by atoms with Crippen LogP contribution in [0.2, 0.25) is 10.0 Å². The number of carbonyl (C=O) groups excluding carboxylic acids is 1. The van der Waals surface area contributed by atoms with Crippen LogP contribution in [0.25, 0.3) is 0 Å². The second kappa shape index (κ2) is 12.4. The summed E-state index contributed by atoms with van der Waals surface area (Å²) in [6.45, 7) is 3.37. The number of carboxylic acids is 1. The van der Waals surface area contributed by atoms with Crippen LogP contribution in [-0.4, -0.2) is 40.5 Å². The number of aliphatic carboxylic acids is 1. The number of carbonyl (C=O) groups is 2. The zero-order valence-electron chi connectivity index (χ0n) is 21.2. The average molecular weight is 620 g/mol. The van der Waals surface area contributed by atoms with Gasteiger partial charge in [0, 0.05) is 21.9 Å². The van der Waals surface area contributed by atoms with Gasteiger partial charge in [0.25, 0.3) is 17.2 Å². The van der Waals surface area contributed by atoms with E-state index < -0.39 is 34.6 Å². The van der Waals surface area contributed by atoms with Crippen molar-refractivity contribution in [3.05, 3.63) is 105 Å². The second-order valence-corrected chi connectivity index (χ2v) is 11.6. The fourth-order valence-electron chi connectivity index (χ4n) is 4.20. The number of benzene rings is 3. The Hall–Kier alpha value is -3.35. The number of carboxylic acid groups (broad SMARTS) is 1.